The number of hydrogen-bond acceptors (Lipinski definition) is 3. The Hall–Kier alpha value is -1.58. The van der Waals surface area contributed by atoms with Gasteiger partial charge in [-0.1, -0.05) is 37.3 Å². The highest BCUT2D eigenvalue weighted by Gasteiger charge is 2.07. The van der Waals surface area contributed by atoms with E-state index in [9.17, 15) is 10.2 Å². The van der Waals surface area contributed by atoms with Crippen molar-refractivity contribution in [2.24, 2.45) is 0 Å². The van der Waals surface area contributed by atoms with E-state index in [0.717, 1.165) is 22.8 Å². The fourth-order valence-corrected chi connectivity index (χ4v) is 2.02. The minimum absolute atomic E-state index is 0.298. The molecule has 0 fully saturated rings. The van der Waals surface area contributed by atoms with Crippen LogP contribution in [0, 0.1) is 0 Å². The monoisotopic (exact) mass is 245 g/mol. The Morgan fingerprint density at radius 3 is 2.72 bits per heavy atom. The summed E-state index contributed by atoms with van der Waals surface area (Å²) in [6, 6.07) is 11.6. The van der Waals surface area contributed by atoms with Crippen molar-refractivity contribution in [3.63, 3.8) is 0 Å². The molecule has 3 heteroatoms. The van der Waals surface area contributed by atoms with Crippen LogP contribution in [-0.4, -0.2) is 22.9 Å². The van der Waals surface area contributed by atoms with Crippen molar-refractivity contribution >= 4 is 10.8 Å². The molecular weight excluding hydrogens is 226 g/mol. The molecule has 0 radical (unpaired) electrons. The van der Waals surface area contributed by atoms with Crippen LogP contribution in [0.4, 0.5) is 0 Å². The number of aliphatic hydroxyl groups is 1. The predicted octanol–water partition coefficient (Wildman–Crippen LogP) is 2.41. The van der Waals surface area contributed by atoms with Crippen LogP contribution in [0.2, 0.25) is 0 Å². The fourth-order valence-electron chi connectivity index (χ4n) is 2.02. The second-order valence-electron chi connectivity index (χ2n) is 4.48. The third kappa shape index (κ3) is 2.81. The summed E-state index contributed by atoms with van der Waals surface area (Å²) in [5, 5.41) is 24.8. The van der Waals surface area contributed by atoms with E-state index in [1.54, 1.807) is 6.07 Å². The van der Waals surface area contributed by atoms with Crippen molar-refractivity contribution in [1.29, 1.82) is 0 Å². The van der Waals surface area contributed by atoms with Gasteiger partial charge in [-0.15, -0.1) is 0 Å². The van der Waals surface area contributed by atoms with Crippen molar-refractivity contribution in [2.75, 3.05) is 6.54 Å². The molecule has 2 rings (SSSR count). The maximum absolute atomic E-state index is 9.93. The van der Waals surface area contributed by atoms with Crippen molar-refractivity contribution in [3.8, 4) is 5.75 Å². The molecule has 0 aliphatic carbocycles. The van der Waals surface area contributed by atoms with E-state index in [1.165, 1.54) is 0 Å². The zero-order valence-electron chi connectivity index (χ0n) is 10.6. The normalized spacial score (nSPS) is 12.8. The lowest BCUT2D eigenvalue weighted by atomic mass is 10.0. The number of aromatic hydroxyl groups is 1. The van der Waals surface area contributed by atoms with Crippen LogP contribution in [0.5, 0.6) is 5.75 Å². The maximum atomic E-state index is 9.93. The molecule has 2 aromatic carbocycles. The van der Waals surface area contributed by atoms with Gasteiger partial charge in [0.15, 0.2) is 0 Å². The Bertz CT molecular complexity index is 525. The summed E-state index contributed by atoms with van der Waals surface area (Å²) < 4.78 is 0. The van der Waals surface area contributed by atoms with E-state index >= 15 is 0 Å². The van der Waals surface area contributed by atoms with Gasteiger partial charge >= 0.3 is 0 Å². The minimum atomic E-state index is -0.331. The second-order valence-corrected chi connectivity index (χ2v) is 4.48. The first-order valence-corrected chi connectivity index (χ1v) is 6.30. The van der Waals surface area contributed by atoms with Gasteiger partial charge in [0.25, 0.3) is 0 Å². The number of aliphatic hydroxyl groups excluding tert-OH is 1. The van der Waals surface area contributed by atoms with Gasteiger partial charge in [0.05, 0.1) is 6.10 Å². The number of fused-ring (bicyclic) bond motifs is 1. The number of rotatable bonds is 5. The molecule has 2 aromatic rings. The highest BCUT2D eigenvalue weighted by Crippen LogP contribution is 2.26. The lowest BCUT2D eigenvalue weighted by Crippen LogP contribution is -2.25. The molecule has 3 N–H and O–H groups in total. The molecular formula is C15H19NO2. The topological polar surface area (TPSA) is 52.5 Å². The number of benzene rings is 2. The summed E-state index contributed by atoms with van der Waals surface area (Å²) >= 11 is 0. The van der Waals surface area contributed by atoms with Gasteiger partial charge in [-0.05, 0) is 23.3 Å². The molecule has 18 heavy (non-hydrogen) atoms. The van der Waals surface area contributed by atoms with Gasteiger partial charge in [0.1, 0.15) is 5.75 Å². The summed E-state index contributed by atoms with van der Waals surface area (Å²) in [6.45, 7) is 3.05. The molecule has 1 unspecified atom stereocenters. The zero-order chi connectivity index (χ0) is 13.0. The molecule has 0 bridgehead atoms. The number of hydrogen-bond donors (Lipinski definition) is 3. The minimum Gasteiger partial charge on any atom is -0.508 e. The lowest BCUT2D eigenvalue weighted by Gasteiger charge is -2.12. The Balaban J connectivity index is 2.18. The third-order valence-corrected chi connectivity index (χ3v) is 3.17. The molecule has 0 amide bonds. The van der Waals surface area contributed by atoms with E-state index in [2.05, 4.69) is 5.32 Å². The van der Waals surface area contributed by atoms with Crippen LogP contribution in [0.1, 0.15) is 18.9 Å². The first-order chi connectivity index (χ1) is 8.72. The fraction of sp³-hybridized carbons (Fsp3) is 0.333. The molecule has 0 heterocycles. The van der Waals surface area contributed by atoms with Gasteiger partial charge in [-0.3, -0.25) is 0 Å². The SMILES string of the molecule is CCC(O)CNCc1c(O)ccc2ccccc12. The highest BCUT2D eigenvalue weighted by molar-refractivity contribution is 5.87. The van der Waals surface area contributed by atoms with Gasteiger partial charge in [0, 0.05) is 18.7 Å². The van der Waals surface area contributed by atoms with E-state index in [1.807, 2.05) is 37.3 Å². The third-order valence-electron chi connectivity index (χ3n) is 3.17. The smallest absolute Gasteiger partial charge is 0.120 e. The molecule has 0 aliphatic rings. The quantitative estimate of drug-likeness (QED) is 0.758. The van der Waals surface area contributed by atoms with Gasteiger partial charge in [0.2, 0.25) is 0 Å². The summed E-state index contributed by atoms with van der Waals surface area (Å²) in [7, 11) is 0. The standard InChI is InChI=1S/C15H19NO2/c1-2-12(17)9-16-10-14-13-6-4-3-5-11(13)7-8-15(14)18/h3-8,12,16-18H,2,9-10H2,1H3. The number of nitrogens with one attached hydrogen (secondary N) is 1. The largest absolute Gasteiger partial charge is 0.508 e. The summed E-state index contributed by atoms with van der Waals surface area (Å²) in [4.78, 5) is 0. The van der Waals surface area contributed by atoms with Crippen LogP contribution >= 0.6 is 0 Å². The van der Waals surface area contributed by atoms with Crippen LogP contribution in [0.3, 0.4) is 0 Å². The van der Waals surface area contributed by atoms with Gasteiger partial charge in [-0.25, -0.2) is 0 Å². The summed E-state index contributed by atoms with van der Waals surface area (Å²) in [5.74, 6) is 0.298. The first kappa shape index (κ1) is 12.9. The van der Waals surface area contributed by atoms with Crippen molar-refractivity contribution in [3.05, 3.63) is 42.0 Å². The summed E-state index contributed by atoms with van der Waals surface area (Å²) in [6.07, 6.45) is 0.399. The summed E-state index contributed by atoms with van der Waals surface area (Å²) in [5.41, 5.74) is 0.886. The second kappa shape index (κ2) is 5.85. The van der Waals surface area contributed by atoms with Crippen molar-refractivity contribution in [1.82, 2.24) is 5.32 Å². The predicted molar refractivity (Wildman–Crippen MR) is 73.6 cm³/mol. The zero-order valence-corrected chi connectivity index (χ0v) is 10.6. The average Bonchev–Trinajstić information content (AvgIpc) is 2.41. The Labute approximate surface area is 107 Å². The molecule has 0 saturated heterocycles. The van der Waals surface area contributed by atoms with E-state index in [0.29, 0.717) is 18.8 Å². The van der Waals surface area contributed by atoms with Crippen LogP contribution in [0.25, 0.3) is 10.8 Å². The molecule has 0 aliphatic heterocycles. The van der Waals surface area contributed by atoms with Gasteiger partial charge in [-0.2, -0.15) is 0 Å². The molecule has 0 saturated carbocycles. The Kier molecular flexibility index (Phi) is 4.18. The number of phenolic OH excluding ortho intramolecular Hbond substituents is 1. The van der Waals surface area contributed by atoms with Gasteiger partial charge < -0.3 is 15.5 Å². The van der Waals surface area contributed by atoms with E-state index in [4.69, 9.17) is 0 Å². The van der Waals surface area contributed by atoms with Crippen molar-refractivity contribution in [2.45, 2.75) is 26.0 Å². The Morgan fingerprint density at radius 1 is 1.17 bits per heavy atom. The van der Waals surface area contributed by atoms with E-state index in [-0.39, 0.29) is 6.10 Å². The van der Waals surface area contributed by atoms with Crippen LogP contribution in [-0.2, 0) is 6.54 Å². The number of phenols is 1. The van der Waals surface area contributed by atoms with E-state index < -0.39 is 0 Å². The molecule has 3 nitrogen and oxygen atoms in total. The Morgan fingerprint density at radius 2 is 1.94 bits per heavy atom. The molecule has 96 valence electrons. The molecule has 0 spiro atoms. The van der Waals surface area contributed by atoms with Crippen LogP contribution < -0.4 is 5.32 Å². The highest BCUT2D eigenvalue weighted by atomic mass is 16.3. The molecule has 1 atom stereocenters. The van der Waals surface area contributed by atoms with Crippen molar-refractivity contribution < 1.29 is 10.2 Å². The first-order valence-electron chi connectivity index (χ1n) is 6.30. The average molecular weight is 245 g/mol. The lowest BCUT2D eigenvalue weighted by molar-refractivity contribution is 0.167. The molecule has 0 aromatic heterocycles. The van der Waals surface area contributed by atoms with Crippen LogP contribution in [0.15, 0.2) is 36.4 Å². The maximum Gasteiger partial charge on any atom is 0.120 e.